The Morgan fingerprint density at radius 1 is 1.37 bits per heavy atom. The first-order valence-electron chi connectivity index (χ1n) is 7.30. The standard InChI is InChI=1S/C14H22N4S/c1-4-7-10-11-12(17(3)16-10)18(13(19)15-11)14(5-2)8-6-9-14/h4-9H2,1-3H3,(H,15,19). The molecule has 0 aromatic carbocycles. The molecule has 0 saturated heterocycles. The molecule has 104 valence electrons. The van der Waals surface area contributed by atoms with Crippen LogP contribution in [0.3, 0.4) is 0 Å². The van der Waals surface area contributed by atoms with Crippen LogP contribution in [0.5, 0.6) is 0 Å². The van der Waals surface area contributed by atoms with Crippen molar-refractivity contribution < 1.29 is 0 Å². The second-order valence-electron chi connectivity index (χ2n) is 5.72. The van der Waals surface area contributed by atoms with E-state index in [-0.39, 0.29) is 5.54 Å². The Labute approximate surface area is 118 Å². The SMILES string of the molecule is CCCc1nn(C)c2c1[nH]c(=S)n2C1(CC)CCC1. The van der Waals surface area contributed by atoms with E-state index in [0.717, 1.165) is 35.2 Å². The van der Waals surface area contributed by atoms with Crippen molar-refractivity contribution in [2.45, 2.75) is 57.9 Å². The molecule has 3 rings (SSSR count). The highest BCUT2D eigenvalue weighted by molar-refractivity contribution is 7.71. The molecular formula is C14H22N4S. The molecule has 19 heavy (non-hydrogen) atoms. The van der Waals surface area contributed by atoms with Gasteiger partial charge in [0.25, 0.3) is 0 Å². The number of H-pyrrole nitrogens is 1. The maximum atomic E-state index is 5.59. The van der Waals surface area contributed by atoms with Gasteiger partial charge < -0.3 is 4.98 Å². The van der Waals surface area contributed by atoms with Gasteiger partial charge in [0.15, 0.2) is 10.4 Å². The molecule has 2 aromatic rings. The van der Waals surface area contributed by atoms with Crippen molar-refractivity contribution >= 4 is 23.4 Å². The van der Waals surface area contributed by atoms with Crippen LogP contribution in [0.4, 0.5) is 0 Å². The zero-order valence-electron chi connectivity index (χ0n) is 12.0. The number of hydrogen-bond donors (Lipinski definition) is 1. The Balaban J connectivity index is 2.25. The number of fused-ring (bicyclic) bond motifs is 1. The second-order valence-corrected chi connectivity index (χ2v) is 6.10. The van der Waals surface area contributed by atoms with Gasteiger partial charge in [-0.15, -0.1) is 0 Å². The van der Waals surface area contributed by atoms with Crippen molar-refractivity contribution in [3.63, 3.8) is 0 Å². The number of rotatable bonds is 4. The zero-order valence-corrected chi connectivity index (χ0v) is 12.8. The van der Waals surface area contributed by atoms with Crippen molar-refractivity contribution in [2.75, 3.05) is 0 Å². The Kier molecular flexibility index (Phi) is 3.04. The molecule has 5 heteroatoms. The maximum Gasteiger partial charge on any atom is 0.179 e. The zero-order chi connectivity index (χ0) is 13.6. The highest BCUT2D eigenvalue weighted by Crippen LogP contribution is 2.44. The van der Waals surface area contributed by atoms with E-state index in [1.807, 2.05) is 11.7 Å². The molecule has 1 N–H and O–H groups in total. The molecule has 2 heterocycles. The van der Waals surface area contributed by atoms with E-state index in [0.29, 0.717) is 0 Å². The lowest BCUT2D eigenvalue weighted by Gasteiger charge is -2.42. The van der Waals surface area contributed by atoms with Gasteiger partial charge in [-0.1, -0.05) is 20.3 Å². The van der Waals surface area contributed by atoms with Crippen LogP contribution >= 0.6 is 12.2 Å². The van der Waals surface area contributed by atoms with E-state index in [4.69, 9.17) is 12.2 Å². The van der Waals surface area contributed by atoms with Crippen LogP contribution in [0.25, 0.3) is 11.2 Å². The van der Waals surface area contributed by atoms with Gasteiger partial charge in [-0.2, -0.15) is 5.10 Å². The second kappa shape index (κ2) is 4.47. The monoisotopic (exact) mass is 278 g/mol. The molecule has 4 nitrogen and oxygen atoms in total. The van der Waals surface area contributed by atoms with Crippen LogP contribution in [-0.4, -0.2) is 19.3 Å². The Hall–Kier alpha value is -1.10. The third-order valence-electron chi connectivity index (χ3n) is 4.64. The van der Waals surface area contributed by atoms with Gasteiger partial charge in [0.1, 0.15) is 5.52 Å². The van der Waals surface area contributed by atoms with E-state index < -0.39 is 0 Å². The summed E-state index contributed by atoms with van der Waals surface area (Å²) in [5, 5.41) is 4.67. The average molecular weight is 278 g/mol. The topological polar surface area (TPSA) is 38.5 Å². The third kappa shape index (κ3) is 1.71. The molecule has 1 fully saturated rings. The van der Waals surface area contributed by atoms with E-state index in [2.05, 4.69) is 28.5 Å². The largest absolute Gasteiger partial charge is 0.328 e. The maximum absolute atomic E-state index is 5.59. The van der Waals surface area contributed by atoms with Crippen molar-refractivity contribution in [3.8, 4) is 0 Å². The van der Waals surface area contributed by atoms with Crippen molar-refractivity contribution in [3.05, 3.63) is 10.5 Å². The fourth-order valence-corrected chi connectivity index (χ4v) is 3.77. The highest BCUT2D eigenvalue weighted by atomic mass is 32.1. The quantitative estimate of drug-likeness (QED) is 0.867. The molecule has 0 spiro atoms. The minimum absolute atomic E-state index is 0.229. The molecular weight excluding hydrogens is 256 g/mol. The lowest BCUT2D eigenvalue weighted by molar-refractivity contribution is 0.138. The third-order valence-corrected chi connectivity index (χ3v) is 4.92. The molecule has 0 aliphatic heterocycles. The Morgan fingerprint density at radius 3 is 2.63 bits per heavy atom. The first kappa shape index (κ1) is 12.9. The molecule has 0 radical (unpaired) electrons. The summed E-state index contributed by atoms with van der Waals surface area (Å²) in [5.41, 5.74) is 3.70. The molecule has 1 aliphatic carbocycles. The van der Waals surface area contributed by atoms with Crippen LogP contribution in [-0.2, 0) is 19.0 Å². The number of aryl methyl sites for hydroxylation is 2. The van der Waals surface area contributed by atoms with E-state index in [1.165, 1.54) is 24.9 Å². The minimum Gasteiger partial charge on any atom is -0.328 e. The number of aromatic nitrogens is 4. The van der Waals surface area contributed by atoms with Gasteiger partial charge in [-0.25, -0.2) is 0 Å². The van der Waals surface area contributed by atoms with E-state index in [1.54, 1.807) is 0 Å². The number of nitrogens with one attached hydrogen (secondary N) is 1. The molecule has 0 bridgehead atoms. The van der Waals surface area contributed by atoms with Gasteiger partial charge in [-0.3, -0.25) is 9.25 Å². The van der Waals surface area contributed by atoms with Gasteiger partial charge in [0, 0.05) is 12.6 Å². The molecule has 0 amide bonds. The van der Waals surface area contributed by atoms with Crippen LogP contribution in [0.1, 0.15) is 51.6 Å². The van der Waals surface area contributed by atoms with Crippen molar-refractivity contribution in [1.82, 2.24) is 19.3 Å². The summed E-state index contributed by atoms with van der Waals surface area (Å²) in [6, 6.07) is 0. The number of aromatic amines is 1. The summed E-state index contributed by atoms with van der Waals surface area (Å²) < 4.78 is 5.21. The molecule has 1 saturated carbocycles. The first-order valence-corrected chi connectivity index (χ1v) is 7.71. The Morgan fingerprint density at radius 2 is 2.11 bits per heavy atom. The summed E-state index contributed by atoms with van der Waals surface area (Å²) >= 11 is 5.59. The van der Waals surface area contributed by atoms with Crippen LogP contribution < -0.4 is 0 Å². The Bertz CT molecular complexity index is 651. The average Bonchev–Trinajstić information content (AvgIpc) is 2.80. The fraction of sp³-hybridized carbons (Fsp3) is 0.714. The van der Waals surface area contributed by atoms with Gasteiger partial charge in [-0.05, 0) is 44.3 Å². The van der Waals surface area contributed by atoms with Gasteiger partial charge in [0.2, 0.25) is 0 Å². The number of hydrogen-bond acceptors (Lipinski definition) is 2. The van der Waals surface area contributed by atoms with Crippen LogP contribution in [0.2, 0.25) is 0 Å². The minimum atomic E-state index is 0.229. The summed E-state index contributed by atoms with van der Waals surface area (Å²) in [6.07, 6.45) is 7.03. The van der Waals surface area contributed by atoms with Crippen molar-refractivity contribution in [1.29, 1.82) is 0 Å². The molecule has 0 atom stereocenters. The van der Waals surface area contributed by atoms with Crippen molar-refractivity contribution in [2.24, 2.45) is 7.05 Å². The lowest BCUT2D eigenvalue weighted by Crippen LogP contribution is -2.40. The highest BCUT2D eigenvalue weighted by Gasteiger charge is 2.39. The van der Waals surface area contributed by atoms with Crippen LogP contribution in [0.15, 0.2) is 0 Å². The lowest BCUT2D eigenvalue weighted by atomic mass is 9.74. The summed E-state index contributed by atoms with van der Waals surface area (Å²) in [4.78, 5) is 3.40. The summed E-state index contributed by atoms with van der Waals surface area (Å²) in [7, 11) is 2.03. The summed E-state index contributed by atoms with van der Waals surface area (Å²) in [5.74, 6) is 0. The van der Waals surface area contributed by atoms with Gasteiger partial charge >= 0.3 is 0 Å². The predicted molar refractivity (Wildman–Crippen MR) is 80.0 cm³/mol. The summed E-state index contributed by atoms with van der Waals surface area (Å²) in [6.45, 7) is 4.45. The number of imidazole rings is 1. The first-order chi connectivity index (χ1) is 9.13. The molecule has 0 unspecified atom stereocenters. The van der Waals surface area contributed by atoms with Crippen LogP contribution in [0, 0.1) is 4.77 Å². The predicted octanol–water partition coefficient (Wildman–Crippen LogP) is 3.67. The normalized spacial score (nSPS) is 17.8. The molecule has 2 aromatic heterocycles. The molecule has 1 aliphatic rings. The van der Waals surface area contributed by atoms with E-state index in [9.17, 15) is 0 Å². The van der Waals surface area contributed by atoms with E-state index >= 15 is 0 Å². The van der Waals surface area contributed by atoms with Gasteiger partial charge in [0.05, 0.1) is 5.69 Å². The smallest absolute Gasteiger partial charge is 0.179 e. The fourth-order valence-electron chi connectivity index (χ4n) is 3.38. The number of nitrogens with zero attached hydrogens (tertiary/aromatic N) is 3.